The molecule has 1 unspecified atom stereocenters. The van der Waals surface area contributed by atoms with Gasteiger partial charge in [0.05, 0.1) is 5.01 Å². The average Bonchev–Trinajstić information content (AvgIpc) is 2.77. The third kappa shape index (κ3) is 4.09. The van der Waals surface area contributed by atoms with Crippen LogP contribution in [0.3, 0.4) is 0 Å². The third-order valence-electron chi connectivity index (χ3n) is 2.98. The van der Waals surface area contributed by atoms with Crippen molar-refractivity contribution < 1.29 is 4.39 Å². The van der Waals surface area contributed by atoms with Crippen molar-refractivity contribution in [3.8, 4) is 0 Å². The second-order valence-electron chi connectivity index (χ2n) is 4.51. The fraction of sp³-hybridized carbons (Fsp3) is 0.357. The highest BCUT2D eigenvalue weighted by molar-refractivity contribution is 9.10. The molecule has 0 radical (unpaired) electrons. The summed E-state index contributed by atoms with van der Waals surface area (Å²) in [6.45, 7) is 1.99. The first-order chi connectivity index (χ1) is 9.08. The minimum absolute atomic E-state index is 0.162. The standard InChI is InChI=1S/C14H16BrFN2S/c1-9-8-19-14(18-9)7-12(17-2)5-10-3-4-11(15)6-13(10)16/h3-4,6,8,12,17H,5,7H2,1-2H3. The first kappa shape index (κ1) is 14.6. The summed E-state index contributed by atoms with van der Waals surface area (Å²) in [6, 6.07) is 5.41. The Balaban J connectivity index is 2.06. The minimum Gasteiger partial charge on any atom is -0.316 e. The summed E-state index contributed by atoms with van der Waals surface area (Å²) < 4.78 is 14.6. The molecule has 0 spiro atoms. The summed E-state index contributed by atoms with van der Waals surface area (Å²) in [4.78, 5) is 4.45. The Morgan fingerprint density at radius 1 is 1.42 bits per heavy atom. The summed E-state index contributed by atoms with van der Waals surface area (Å²) >= 11 is 4.93. The molecule has 1 heterocycles. The average molecular weight is 343 g/mol. The molecule has 0 fully saturated rings. The fourth-order valence-electron chi connectivity index (χ4n) is 1.94. The van der Waals surface area contributed by atoms with Crippen molar-refractivity contribution in [1.82, 2.24) is 10.3 Å². The number of aromatic nitrogens is 1. The molecule has 102 valence electrons. The van der Waals surface area contributed by atoms with Gasteiger partial charge >= 0.3 is 0 Å². The lowest BCUT2D eigenvalue weighted by molar-refractivity contribution is 0.531. The van der Waals surface area contributed by atoms with Gasteiger partial charge in [-0.3, -0.25) is 0 Å². The number of hydrogen-bond acceptors (Lipinski definition) is 3. The van der Waals surface area contributed by atoms with Crippen LogP contribution in [-0.2, 0) is 12.8 Å². The van der Waals surface area contributed by atoms with E-state index in [1.807, 2.05) is 31.5 Å². The summed E-state index contributed by atoms with van der Waals surface area (Å²) in [5, 5.41) is 6.37. The lowest BCUT2D eigenvalue weighted by Gasteiger charge is -2.15. The highest BCUT2D eigenvalue weighted by Crippen LogP contribution is 2.18. The molecular weight excluding hydrogens is 327 g/mol. The molecule has 0 saturated heterocycles. The maximum atomic E-state index is 13.8. The molecule has 2 aromatic rings. The van der Waals surface area contributed by atoms with E-state index >= 15 is 0 Å². The number of thiazole rings is 1. The molecule has 5 heteroatoms. The van der Waals surface area contributed by atoms with Crippen LogP contribution in [-0.4, -0.2) is 18.1 Å². The number of benzene rings is 1. The Labute approximate surface area is 125 Å². The van der Waals surface area contributed by atoms with E-state index in [0.717, 1.165) is 27.2 Å². The molecule has 1 aromatic carbocycles. The zero-order valence-electron chi connectivity index (χ0n) is 10.9. The summed E-state index contributed by atoms with van der Waals surface area (Å²) in [6.07, 6.45) is 1.48. The first-order valence-electron chi connectivity index (χ1n) is 6.10. The fourth-order valence-corrected chi connectivity index (χ4v) is 3.12. The van der Waals surface area contributed by atoms with Crippen LogP contribution in [0, 0.1) is 12.7 Å². The molecule has 0 saturated carbocycles. The predicted molar refractivity (Wildman–Crippen MR) is 81.2 cm³/mol. The van der Waals surface area contributed by atoms with Crippen LogP contribution in [0.5, 0.6) is 0 Å². The summed E-state index contributed by atoms with van der Waals surface area (Å²) in [5.74, 6) is -0.162. The Hall–Kier alpha value is -0.780. The van der Waals surface area contributed by atoms with Crippen LogP contribution in [0.15, 0.2) is 28.1 Å². The van der Waals surface area contributed by atoms with E-state index in [4.69, 9.17) is 0 Å². The number of aryl methyl sites for hydroxylation is 1. The van der Waals surface area contributed by atoms with Crippen molar-refractivity contribution >= 4 is 27.3 Å². The van der Waals surface area contributed by atoms with Crippen LogP contribution in [0.4, 0.5) is 4.39 Å². The Kier molecular flexibility index (Phi) is 5.07. The number of likely N-dealkylation sites (N-methyl/N-ethyl adjacent to an activating group) is 1. The van der Waals surface area contributed by atoms with Gasteiger partial charge in [0.2, 0.25) is 0 Å². The van der Waals surface area contributed by atoms with Crippen molar-refractivity contribution in [2.75, 3.05) is 7.05 Å². The molecular formula is C14H16BrFN2S. The smallest absolute Gasteiger partial charge is 0.127 e. The Morgan fingerprint density at radius 3 is 2.79 bits per heavy atom. The topological polar surface area (TPSA) is 24.9 Å². The van der Waals surface area contributed by atoms with Crippen molar-refractivity contribution in [3.63, 3.8) is 0 Å². The van der Waals surface area contributed by atoms with Gasteiger partial charge in [-0.25, -0.2) is 9.37 Å². The lowest BCUT2D eigenvalue weighted by Crippen LogP contribution is -2.30. The van der Waals surface area contributed by atoms with Crippen LogP contribution >= 0.6 is 27.3 Å². The van der Waals surface area contributed by atoms with Crippen LogP contribution in [0.2, 0.25) is 0 Å². The van der Waals surface area contributed by atoms with Gasteiger partial charge in [0.25, 0.3) is 0 Å². The molecule has 0 amide bonds. The largest absolute Gasteiger partial charge is 0.316 e. The molecule has 2 rings (SSSR count). The zero-order chi connectivity index (χ0) is 13.8. The van der Waals surface area contributed by atoms with Crippen molar-refractivity contribution in [3.05, 3.63) is 50.1 Å². The number of rotatable bonds is 5. The molecule has 0 aliphatic rings. The summed E-state index contributed by atoms with van der Waals surface area (Å²) in [5.41, 5.74) is 1.78. The first-order valence-corrected chi connectivity index (χ1v) is 7.78. The van der Waals surface area contributed by atoms with E-state index in [1.54, 1.807) is 11.3 Å². The number of nitrogens with zero attached hydrogens (tertiary/aromatic N) is 1. The zero-order valence-corrected chi connectivity index (χ0v) is 13.3. The normalized spacial score (nSPS) is 12.6. The highest BCUT2D eigenvalue weighted by atomic mass is 79.9. The van der Waals surface area contributed by atoms with Crippen LogP contribution < -0.4 is 5.32 Å². The van der Waals surface area contributed by atoms with Crippen molar-refractivity contribution in [2.45, 2.75) is 25.8 Å². The van der Waals surface area contributed by atoms with E-state index in [-0.39, 0.29) is 11.9 Å². The number of hydrogen-bond donors (Lipinski definition) is 1. The maximum Gasteiger partial charge on any atom is 0.127 e. The van der Waals surface area contributed by atoms with E-state index < -0.39 is 0 Å². The van der Waals surface area contributed by atoms with E-state index in [9.17, 15) is 4.39 Å². The van der Waals surface area contributed by atoms with Gasteiger partial charge in [0.15, 0.2) is 0 Å². The molecule has 0 aliphatic heterocycles. The van der Waals surface area contributed by atoms with E-state index in [0.29, 0.717) is 6.42 Å². The van der Waals surface area contributed by atoms with Gasteiger partial charge in [0, 0.05) is 28.0 Å². The molecule has 1 N–H and O–H groups in total. The quantitative estimate of drug-likeness (QED) is 0.895. The SMILES string of the molecule is CNC(Cc1nc(C)cs1)Cc1ccc(Br)cc1F. The summed E-state index contributed by atoms with van der Waals surface area (Å²) in [7, 11) is 1.90. The minimum atomic E-state index is -0.162. The highest BCUT2D eigenvalue weighted by Gasteiger charge is 2.13. The number of nitrogens with one attached hydrogen (secondary N) is 1. The van der Waals surface area contributed by atoms with Gasteiger partial charge in [0.1, 0.15) is 5.82 Å². The van der Waals surface area contributed by atoms with Gasteiger partial charge in [-0.2, -0.15) is 0 Å². The van der Waals surface area contributed by atoms with Gasteiger partial charge < -0.3 is 5.32 Å². The van der Waals surface area contributed by atoms with Crippen molar-refractivity contribution in [1.29, 1.82) is 0 Å². The van der Waals surface area contributed by atoms with Gasteiger partial charge in [-0.05, 0) is 38.1 Å². The molecule has 19 heavy (non-hydrogen) atoms. The van der Waals surface area contributed by atoms with Gasteiger partial charge in [-0.1, -0.05) is 22.0 Å². The van der Waals surface area contributed by atoms with Crippen LogP contribution in [0.25, 0.3) is 0 Å². The Morgan fingerprint density at radius 2 is 2.21 bits per heavy atom. The third-order valence-corrected chi connectivity index (χ3v) is 4.46. The van der Waals surface area contributed by atoms with E-state index in [2.05, 4.69) is 26.2 Å². The molecule has 1 atom stereocenters. The number of halogens is 2. The molecule has 1 aromatic heterocycles. The lowest BCUT2D eigenvalue weighted by atomic mass is 10.0. The Bertz CT molecular complexity index is 556. The van der Waals surface area contributed by atoms with Crippen LogP contribution in [0.1, 0.15) is 16.3 Å². The molecule has 0 aliphatic carbocycles. The van der Waals surface area contributed by atoms with Crippen molar-refractivity contribution in [2.24, 2.45) is 0 Å². The predicted octanol–water partition coefficient (Wildman–Crippen LogP) is 3.73. The van der Waals surface area contributed by atoms with E-state index in [1.165, 1.54) is 6.07 Å². The molecule has 2 nitrogen and oxygen atoms in total. The molecule has 0 bridgehead atoms. The monoisotopic (exact) mass is 342 g/mol. The van der Waals surface area contributed by atoms with Gasteiger partial charge in [-0.15, -0.1) is 11.3 Å². The second kappa shape index (κ2) is 6.59. The second-order valence-corrected chi connectivity index (χ2v) is 6.37. The maximum absolute atomic E-state index is 13.8.